The molecule has 0 amide bonds. The van der Waals surface area contributed by atoms with E-state index in [-0.39, 0.29) is 11.4 Å². The standard InChI is InChI=1S/C20H20F3N7O/c21-20(22,23)17-12-18(26-14-25-17)29-9-6-28(7-10-29)8-11-30-19(31)4-3-16(27-30)15-2-1-5-24-13-15/h1-5,12-14H,6-11H2. The summed E-state index contributed by atoms with van der Waals surface area (Å²) in [7, 11) is 0. The summed E-state index contributed by atoms with van der Waals surface area (Å²) in [5.41, 5.74) is 0.362. The fraction of sp³-hybridized carbons (Fsp3) is 0.350. The van der Waals surface area contributed by atoms with Gasteiger partial charge in [0.25, 0.3) is 5.56 Å². The van der Waals surface area contributed by atoms with Crippen LogP contribution in [0.2, 0.25) is 0 Å². The first-order valence-electron chi connectivity index (χ1n) is 9.75. The lowest BCUT2D eigenvalue weighted by molar-refractivity contribution is -0.141. The molecule has 0 unspecified atom stereocenters. The number of anilines is 1. The Labute approximate surface area is 176 Å². The monoisotopic (exact) mass is 431 g/mol. The Hall–Kier alpha value is -3.34. The summed E-state index contributed by atoms with van der Waals surface area (Å²) in [6.07, 6.45) is -0.194. The highest BCUT2D eigenvalue weighted by atomic mass is 19.4. The van der Waals surface area contributed by atoms with Crippen LogP contribution >= 0.6 is 0 Å². The van der Waals surface area contributed by atoms with Gasteiger partial charge in [0, 0.05) is 62.8 Å². The molecule has 3 aromatic rings. The van der Waals surface area contributed by atoms with Crippen molar-refractivity contribution in [1.82, 2.24) is 29.6 Å². The van der Waals surface area contributed by atoms with Crippen LogP contribution in [0.1, 0.15) is 5.69 Å². The number of pyridine rings is 1. The summed E-state index contributed by atoms with van der Waals surface area (Å²) in [6, 6.07) is 7.82. The second-order valence-electron chi connectivity index (χ2n) is 7.11. The van der Waals surface area contributed by atoms with Gasteiger partial charge < -0.3 is 4.90 Å². The van der Waals surface area contributed by atoms with E-state index in [0.717, 1.165) is 18.0 Å². The van der Waals surface area contributed by atoms with Gasteiger partial charge >= 0.3 is 6.18 Å². The Morgan fingerprint density at radius 2 is 1.81 bits per heavy atom. The molecule has 0 spiro atoms. The van der Waals surface area contributed by atoms with E-state index in [9.17, 15) is 18.0 Å². The van der Waals surface area contributed by atoms with Crippen molar-refractivity contribution in [2.24, 2.45) is 0 Å². The lowest BCUT2D eigenvalue weighted by atomic mass is 10.2. The molecule has 0 N–H and O–H groups in total. The highest BCUT2D eigenvalue weighted by Gasteiger charge is 2.33. The minimum atomic E-state index is -4.50. The number of nitrogens with zero attached hydrogens (tertiary/aromatic N) is 7. The largest absolute Gasteiger partial charge is 0.433 e. The number of alkyl halides is 3. The van der Waals surface area contributed by atoms with Crippen molar-refractivity contribution in [3.8, 4) is 11.3 Å². The van der Waals surface area contributed by atoms with Gasteiger partial charge in [-0.3, -0.25) is 14.7 Å². The third-order valence-electron chi connectivity index (χ3n) is 5.09. The molecular weight excluding hydrogens is 411 g/mol. The van der Waals surface area contributed by atoms with Crippen LogP contribution in [-0.4, -0.2) is 62.4 Å². The molecule has 1 aliphatic heterocycles. The first-order valence-corrected chi connectivity index (χ1v) is 9.75. The van der Waals surface area contributed by atoms with Crippen LogP contribution in [0.15, 0.2) is 53.8 Å². The Bertz CT molecular complexity index is 1080. The number of hydrogen-bond acceptors (Lipinski definition) is 7. The van der Waals surface area contributed by atoms with E-state index in [0.29, 0.717) is 45.0 Å². The molecule has 4 heterocycles. The van der Waals surface area contributed by atoms with Crippen LogP contribution in [0.5, 0.6) is 0 Å². The van der Waals surface area contributed by atoms with Gasteiger partial charge in [0.05, 0.1) is 12.2 Å². The second kappa shape index (κ2) is 8.80. The van der Waals surface area contributed by atoms with Crippen molar-refractivity contribution in [2.75, 3.05) is 37.6 Å². The van der Waals surface area contributed by atoms with Crippen molar-refractivity contribution < 1.29 is 13.2 Å². The van der Waals surface area contributed by atoms with Crippen LogP contribution < -0.4 is 10.5 Å². The van der Waals surface area contributed by atoms with Gasteiger partial charge in [-0.1, -0.05) is 0 Å². The lowest BCUT2D eigenvalue weighted by Crippen LogP contribution is -2.48. The maximum absolute atomic E-state index is 12.9. The Balaban J connectivity index is 1.36. The molecule has 162 valence electrons. The summed E-state index contributed by atoms with van der Waals surface area (Å²) in [5.74, 6) is 0.268. The Kier molecular flexibility index (Phi) is 5.94. The number of piperazine rings is 1. The van der Waals surface area contributed by atoms with Gasteiger partial charge in [0.15, 0.2) is 0 Å². The second-order valence-corrected chi connectivity index (χ2v) is 7.11. The molecule has 0 bridgehead atoms. The summed E-state index contributed by atoms with van der Waals surface area (Å²) in [4.78, 5) is 27.5. The Morgan fingerprint density at radius 3 is 2.52 bits per heavy atom. The van der Waals surface area contributed by atoms with Crippen molar-refractivity contribution in [2.45, 2.75) is 12.7 Å². The molecule has 1 fully saturated rings. The van der Waals surface area contributed by atoms with Crippen molar-refractivity contribution in [3.05, 3.63) is 65.1 Å². The smallest absolute Gasteiger partial charge is 0.354 e. The van der Waals surface area contributed by atoms with Gasteiger partial charge in [-0.25, -0.2) is 14.6 Å². The predicted molar refractivity (Wildman–Crippen MR) is 107 cm³/mol. The predicted octanol–water partition coefficient (Wildman–Crippen LogP) is 1.94. The molecule has 0 saturated carbocycles. The highest BCUT2D eigenvalue weighted by Crippen LogP contribution is 2.29. The first-order chi connectivity index (χ1) is 14.9. The van der Waals surface area contributed by atoms with Crippen molar-refractivity contribution >= 4 is 5.82 Å². The van der Waals surface area contributed by atoms with E-state index < -0.39 is 11.9 Å². The van der Waals surface area contributed by atoms with Crippen molar-refractivity contribution in [1.29, 1.82) is 0 Å². The maximum atomic E-state index is 12.9. The van der Waals surface area contributed by atoms with Crippen LogP contribution in [-0.2, 0) is 12.7 Å². The zero-order valence-electron chi connectivity index (χ0n) is 16.5. The van der Waals surface area contributed by atoms with E-state index in [2.05, 4.69) is 25.0 Å². The van der Waals surface area contributed by atoms with Crippen molar-refractivity contribution in [3.63, 3.8) is 0 Å². The molecule has 0 aliphatic carbocycles. The van der Waals surface area contributed by atoms with Gasteiger partial charge in [-0.15, -0.1) is 0 Å². The number of halogens is 3. The Morgan fingerprint density at radius 1 is 1.00 bits per heavy atom. The highest BCUT2D eigenvalue weighted by molar-refractivity contribution is 5.56. The molecule has 1 aliphatic rings. The normalized spacial score (nSPS) is 15.3. The topological polar surface area (TPSA) is 80.0 Å². The minimum Gasteiger partial charge on any atom is -0.354 e. The molecule has 8 nitrogen and oxygen atoms in total. The molecule has 1 saturated heterocycles. The summed E-state index contributed by atoms with van der Waals surface area (Å²) in [6.45, 7) is 3.37. The number of hydrogen-bond donors (Lipinski definition) is 0. The molecule has 4 rings (SSSR count). The molecular formula is C20H20F3N7O. The van der Waals surface area contributed by atoms with Gasteiger partial charge in [0.1, 0.15) is 17.8 Å². The van der Waals surface area contributed by atoms with Gasteiger partial charge in [-0.05, 0) is 18.2 Å². The van der Waals surface area contributed by atoms with E-state index >= 15 is 0 Å². The number of rotatable bonds is 5. The van der Waals surface area contributed by atoms with Crippen LogP contribution in [0.4, 0.5) is 19.0 Å². The zero-order valence-corrected chi connectivity index (χ0v) is 16.5. The van der Waals surface area contributed by atoms with Gasteiger partial charge in [0.2, 0.25) is 0 Å². The van der Waals surface area contributed by atoms with Crippen LogP contribution in [0.3, 0.4) is 0 Å². The maximum Gasteiger partial charge on any atom is 0.433 e. The van der Waals surface area contributed by atoms with E-state index in [1.807, 2.05) is 6.07 Å². The fourth-order valence-electron chi connectivity index (χ4n) is 3.39. The van der Waals surface area contributed by atoms with Crippen LogP contribution in [0.25, 0.3) is 11.3 Å². The third kappa shape index (κ3) is 5.05. The minimum absolute atomic E-state index is 0.188. The SMILES string of the molecule is O=c1ccc(-c2cccnc2)nn1CCN1CCN(c2cc(C(F)(F)F)ncn2)CC1. The average molecular weight is 431 g/mol. The molecule has 0 atom stereocenters. The van der Waals surface area contributed by atoms with E-state index in [1.54, 1.807) is 29.4 Å². The number of aromatic nitrogens is 5. The summed E-state index contributed by atoms with van der Waals surface area (Å²) < 4.78 is 40.0. The zero-order chi connectivity index (χ0) is 21.8. The van der Waals surface area contributed by atoms with Gasteiger partial charge in [-0.2, -0.15) is 18.3 Å². The quantitative estimate of drug-likeness (QED) is 0.611. The lowest BCUT2D eigenvalue weighted by Gasteiger charge is -2.35. The van der Waals surface area contributed by atoms with E-state index in [4.69, 9.17) is 0 Å². The first kappa shape index (κ1) is 20.9. The fourth-order valence-corrected chi connectivity index (χ4v) is 3.39. The average Bonchev–Trinajstić information content (AvgIpc) is 2.79. The van der Waals surface area contributed by atoms with Crippen LogP contribution in [0, 0.1) is 0 Å². The molecule has 11 heteroatoms. The third-order valence-corrected chi connectivity index (χ3v) is 5.09. The summed E-state index contributed by atoms with van der Waals surface area (Å²) in [5, 5.41) is 4.43. The van der Waals surface area contributed by atoms with E-state index in [1.165, 1.54) is 10.7 Å². The molecule has 0 aromatic carbocycles. The molecule has 3 aromatic heterocycles. The summed E-state index contributed by atoms with van der Waals surface area (Å²) >= 11 is 0. The molecule has 0 radical (unpaired) electrons. The molecule has 31 heavy (non-hydrogen) atoms.